The molecule has 0 unspecified atom stereocenters. The Morgan fingerprint density at radius 1 is 1.12 bits per heavy atom. The number of piperazine rings is 1. The zero-order valence-electron chi connectivity index (χ0n) is 13.9. The van der Waals surface area contributed by atoms with Crippen LogP contribution in [-0.4, -0.2) is 60.8 Å². The van der Waals surface area contributed by atoms with Gasteiger partial charge in [0.05, 0.1) is 12.8 Å². The van der Waals surface area contributed by atoms with Crippen molar-refractivity contribution in [3.05, 3.63) is 42.9 Å². The second-order valence-corrected chi connectivity index (χ2v) is 6.06. The van der Waals surface area contributed by atoms with Crippen LogP contribution in [0.1, 0.15) is 5.89 Å². The molecule has 0 N–H and O–H groups in total. The average molecular weight is 352 g/mol. The topological polar surface area (TPSA) is 102 Å². The van der Waals surface area contributed by atoms with Crippen molar-refractivity contribution in [3.63, 3.8) is 0 Å². The smallest absolute Gasteiger partial charge is 0.256 e. The molecule has 0 atom stereocenters. The van der Waals surface area contributed by atoms with Gasteiger partial charge in [-0.25, -0.2) is 4.98 Å². The summed E-state index contributed by atoms with van der Waals surface area (Å²) in [4.78, 5) is 13.2. The van der Waals surface area contributed by atoms with Gasteiger partial charge in [-0.2, -0.15) is 4.98 Å². The number of rotatable bonds is 4. The third kappa shape index (κ3) is 2.69. The third-order valence-corrected chi connectivity index (χ3v) is 4.45. The lowest BCUT2D eigenvalue weighted by atomic mass is 10.3. The van der Waals surface area contributed by atoms with Crippen LogP contribution in [0.3, 0.4) is 0 Å². The first-order chi connectivity index (χ1) is 12.9. The molecule has 0 aromatic carbocycles. The monoisotopic (exact) mass is 352 g/mol. The highest BCUT2D eigenvalue weighted by Crippen LogP contribution is 2.19. The van der Waals surface area contributed by atoms with Crippen LogP contribution in [-0.2, 0) is 6.54 Å². The van der Waals surface area contributed by atoms with Crippen LogP contribution in [0, 0.1) is 0 Å². The van der Waals surface area contributed by atoms with Crippen LogP contribution >= 0.6 is 0 Å². The van der Waals surface area contributed by atoms with Gasteiger partial charge in [0, 0.05) is 32.4 Å². The lowest BCUT2D eigenvalue weighted by Crippen LogP contribution is -2.46. The predicted octanol–water partition coefficient (Wildman–Crippen LogP) is 1.09. The Morgan fingerprint density at radius 2 is 2.04 bits per heavy atom. The summed E-state index contributed by atoms with van der Waals surface area (Å²) >= 11 is 0. The molecule has 0 radical (unpaired) electrons. The quantitative estimate of drug-likeness (QED) is 0.534. The highest BCUT2D eigenvalue weighted by molar-refractivity contribution is 5.46. The summed E-state index contributed by atoms with van der Waals surface area (Å²) in [6, 6.07) is 5.60. The van der Waals surface area contributed by atoms with Gasteiger partial charge in [0.15, 0.2) is 5.76 Å². The van der Waals surface area contributed by atoms with E-state index in [0.717, 1.165) is 32.0 Å². The molecule has 132 valence electrons. The van der Waals surface area contributed by atoms with Crippen LogP contribution in [0.5, 0.6) is 0 Å². The molecule has 1 saturated heterocycles. The molecule has 1 fully saturated rings. The maximum absolute atomic E-state index is 5.34. The second-order valence-electron chi connectivity index (χ2n) is 6.06. The van der Waals surface area contributed by atoms with E-state index in [9.17, 15) is 0 Å². The van der Waals surface area contributed by atoms with Gasteiger partial charge in [-0.1, -0.05) is 5.16 Å². The van der Waals surface area contributed by atoms with E-state index in [1.165, 1.54) is 0 Å². The van der Waals surface area contributed by atoms with Crippen molar-refractivity contribution in [2.75, 3.05) is 31.1 Å². The summed E-state index contributed by atoms with van der Waals surface area (Å²) < 4.78 is 12.5. The molecule has 0 bridgehead atoms. The molecular weight excluding hydrogens is 336 g/mol. The molecule has 10 nitrogen and oxygen atoms in total. The minimum atomic E-state index is 0.482. The van der Waals surface area contributed by atoms with Gasteiger partial charge in [0.25, 0.3) is 5.78 Å². The Bertz CT molecular complexity index is 1000. The lowest BCUT2D eigenvalue weighted by Gasteiger charge is -2.35. The van der Waals surface area contributed by atoms with Crippen LogP contribution in [0.25, 0.3) is 17.4 Å². The van der Waals surface area contributed by atoms with Crippen molar-refractivity contribution < 1.29 is 8.94 Å². The first-order valence-electron chi connectivity index (χ1n) is 8.35. The Hall–Kier alpha value is -3.27. The van der Waals surface area contributed by atoms with E-state index >= 15 is 0 Å². The minimum absolute atomic E-state index is 0.482. The summed E-state index contributed by atoms with van der Waals surface area (Å²) in [6.45, 7) is 4.18. The molecule has 1 aliphatic rings. The number of furan rings is 1. The van der Waals surface area contributed by atoms with Crippen LogP contribution in [0.4, 0.5) is 5.82 Å². The van der Waals surface area contributed by atoms with Gasteiger partial charge in [-0.3, -0.25) is 9.30 Å². The van der Waals surface area contributed by atoms with E-state index in [0.29, 0.717) is 29.8 Å². The summed E-state index contributed by atoms with van der Waals surface area (Å²) in [5.41, 5.74) is 0. The van der Waals surface area contributed by atoms with Crippen molar-refractivity contribution in [2.24, 2.45) is 0 Å². The number of aromatic nitrogens is 6. The molecule has 0 spiro atoms. The van der Waals surface area contributed by atoms with Crippen molar-refractivity contribution in [2.45, 2.75) is 6.54 Å². The van der Waals surface area contributed by atoms with Gasteiger partial charge < -0.3 is 13.8 Å². The number of hydrogen-bond donors (Lipinski definition) is 0. The minimum Gasteiger partial charge on any atom is -0.461 e. The largest absolute Gasteiger partial charge is 0.461 e. The molecule has 5 heterocycles. The Morgan fingerprint density at radius 3 is 2.88 bits per heavy atom. The maximum Gasteiger partial charge on any atom is 0.256 e. The fourth-order valence-corrected chi connectivity index (χ4v) is 3.14. The van der Waals surface area contributed by atoms with Crippen LogP contribution in [0.2, 0.25) is 0 Å². The SMILES string of the molecule is c1coc(-c2noc(CN3CCN(c4ccnc5nncn45)CC3)n2)c1. The molecule has 5 rings (SSSR count). The van der Waals surface area contributed by atoms with Gasteiger partial charge in [-0.05, 0) is 18.2 Å². The Kier molecular flexibility index (Phi) is 3.60. The molecule has 4 aromatic heterocycles. The number of fused-ring (bicyclic) bond motifs is 1. The predicted molar refractivity (Wildman–Crippen MR) is 90.3 cm³/mol. The zero-order chi connectivity index (χ0) is 17.3. The fraction of sp³-hybridized carbons (Fsp3) is 0.312. The molecule has 0 amide bonds. The molecule has 1 aliphatic heterocycles. The van der Waals surface area contributed by atoms with Crippen LogP contribution in [0.15, 0.2) is 45.9 Å². The van der Waals surface area contributed by atoms with Crippen molar-refractivity contribution in [1.82, 2.24) is 34.6 Å². The average Bonchev–Trinajstić information content (AvgIpc) is 3.42. The lowest BCUT2D eigenvalue weighted by molar-refractivity contribution is 0.215. The van der Waals surface area contributed by atoms with Gasteiger partial charge in [-0.15, -0.1) is 10.2 Å². The summed E-state index contributed by atoms with van der Waals surface area (Å²) in [6.07, 6.45) is 5.05. The zero-order valence-corrected chi connectivity index (χ0v) is 13.9. The number of anilines is 1. The molecular formula is C16H16N8O2. The van der Waals surface area contributed by atoms with E-state index in [1.54, 1.807) is 24.9 Å². The fourth-order valence-electron chi connectivity index (χ4n) is 3.14. The van der Waals surface area contributed by atoms with Crippen molar-refractivity contribution >= 4 is 11.6 Å². The molecule has 0 aliphatic carbocycles. The number of nitrogens with zero attached hydrogens (tertiary/aromatic N) is 8. The van der Waals surface area contributed by atoms with E-state index in [2.05, 4.69) is 35.1 Å². The van der Waals surface area contributed by atoms with Crippen LogP contribution < -0.4 is 4.90 Å². The first-order valence-corrected chi connectivity index (χ1v) is 8.35. The van der Waals surface area contributed by atoms with Crippen molar-refractivity contribution in [1.29, 1.82) is 0 Å². The van der Waals surface area contributed by atoms with E-state index in [4.69, 9.17) is 8.94 Å². The van der Waals surface area contributed by atoms with Gasteiger partial charge >= 0.3 is 0 Å². The third-order valence-electron chi connectivity index (χ3n) is 4.45. The molecule has 10 heteroatoms. The Labute approximate surface area is 148 Å². The summed E-state index contributed by atoms with van der Waals surface area (Å²) in [5, 5.41) is 11.9. The highest BCUT2D eigenvalue weighted by atomic mass is 16.5. The van der Waals surface area contributed by atoms with Gasteiger partial charge in [0.1, 0.15) is 12.1 Å². The molecule has 0 saturated carbocycles. The van der Waals surface area contributed by atoms with Gasteiger partial charge in [0.2, 0.25) is 11.7 Å². The first kappa shape index (κ1) is 15.0. The van der Waals surface area contributed by atoms with E-state index in [1.807, 2.05) is 16.5 Å². The Balaban J connectivity index is 1.24. The summed E-state index contributed by atoms with van der Waals surface area (Å²) in [7, 11) is 0. The molecule has 4 aromatic rings. The maximum atomic E-state index is 5.34. The summed E-state index contributed by atoms with van der Waals surface area (Å²) in [5.74, 6) is 3.35. The second kappa shape index (κ2) is 6.23. The van der Waals surface area contributed by atoms with Crippen molar-refractivity contribution in [3.8, 4) is 11.6 Å². The number of hydrogen-bond acceptors (Lipinski definition) is 9. The molecule has 26 heavy (non-hydrogen) atoms. The normalized spacial score (nSPS) is 15.8. The highest BCUT2D eigenvalue weighted by Gasteiger charge is 2.21. The van der Waals surface area contributed by atoms with E-state index < -0.39 is 0 Å². The standard InChI is InChI=1S/C16H16N8O2/c1-2-12(25-9-1)15-19-13(26-21-15)10-22-5-7-23(8-6-22)14-3-4-17-16-20-18-11-24(14)16/h1-4,9,11H,5-8,10H2. The van der Waals surface area contributed by atoms with E-state index in [-0.39, 0.29) is 0 Å².